The van der Waals surface area contributed by atoms with Gasteiger partial charge >= 0.3 is 6.18 Å². The molecule has 116 valence electrons. The average molecular weight is 330 g/mol. The first-order valence-corrected chi connectivity index (χ1v) is 7.32. The number of alkyl halides is 3. The minimum absolute atomic E-state index is 0.100. The molecule has 1 heterocycles. The van der Waals surface area contributed by atoms with Crippen LogP contribution in [0.5, 0.6) is 0 Å². The van der Waals surface area contributed by atoms with Gasteiger partial charge in [-0.25, -0.2) is 9.37 Å². The van der Waals surface area contributed by atoms with Gasteiger partial charge in [-0.1, -0.05) is 18.2 Å². The van der Waals surface area contributed by atoms with Crippen LogP contribution in [0.15, 0.2) is 29.6 Å². The number of nitrogens with one attached hydrogen (secondary N) is 1. The van der Waals surface area contributed by atoms with Gasteiger partial charge in [-0.05, 0) is 24.0 Å². The van der Waals surface area contributed by atoms with Crippen LogP contribution in [-0.4, -0.2) is 10.9 Å². The van der Waals surface area contributed by atoms with E-state index < -0.39 is 23.7 Å². The van der Waals surface area contributed by atoms with E-state index in [-0.39, 0.29) is 16.9 Å². The molecule has 1 N–H and O–H groups in total. The number of carbonyl (C=O) groups is 1. The Balaban J connectivity index is 1.65. The monoisotopic (exact) mass is 330 g/mol. The van der Waals surface area contributed by atoms with E-state index in [2.05, 4.69) is 10.3 Å². The lowest BCUT2D eigenvalue weighted by Gasteiger charge is -2.03. The van der Waals surface area contributed by atoms with Crippen molar-refractivity contribution < 1.29 is 22.4 Å². The Bertz CT molecular complexity index is 713. The minimum atomic E-state index is -4.53. The normalized spacial score (nSPS) is 20.7. The van der Waals surface area contributed by atoms with E-state index >= 15 is 0 Å². The highest BCUT2D eigenvalue weighted by Gasteiger charge is 2.45. The van der Waals surface area contributed by atoms with Crippen LogP contribution in [-0.2, 0) is 11.0 Å². The molecule has 8 heteroatoms. The van der Waals surface area contributed by atoms with E-state index in [0.29, 0.717) is 23.3 Å². The van der Waals surface area contributed by atoms with Gasteiger partial charge in [0.05, 0.1) is 0 Å². The number of rotatable bonds is 3. The van der Waals surface area contributed by atoms with Crippen molar-refractivity contribution in [3.63, 3.8) is 0 Å². The molecule has 1 aliphatic carbocycles. The SMILES string of the molecule is O=C(Nc1nc(C(F)(F)F)cs1)C1CC1c1ccccc1F. The summed E-state index contributed by atoms with van der Waals surface area (Å²) in [5.41, 5.74) is -0.577. The summed E-state index contributed by atoms with van der Waals surface area (Å²) in [6.07, 6.45) is -4.06. The maximum atomic E-state index is 13.6. The van der Waals surface area contributed by atoms with Crippen molar-refractivity contribution in [3.05, 3.63) is 46.7 Å². The fraction of sp³-hybridized carbons (Fsp3) is 0.286. The number of benzene rings is 1. The molecule has 0 aliphatic heterocycles. The van der Waals surface area contributed by atoms with E-state index in [1.165, 1.54) is 6.07 Å². The number of halogens is 4. The van der Waals surface area contributed by atoms with E-state index in [9.17, 15) is 22.4 Å². The van der Waals surface area contributed by atoms with Crippen molar-refractivity contribution >= 4 is 22.4 Å². The third-order valence-electron chi connectivity index (χ3n) is 3.46. The molecule has 22 heavy (non-hydrogen) atoms. The van der Waals surface area contributed by atoms with Gasteiger partial charge in [-0.15, -0.1) is 11.3 Å². The van der Waals surface area contributed by atoms with E-state index in [1.54, 1.807) is 18.2 Å². The predicted octanol–water partition coefficient (Wildman–Crippen LogP) is 4.04. The second-order valence-corrected chi connectivity index (χ2v) is 5.85. The molecule has 1 amide bonds. The van der Waals surface area contributed by atoms with Crippen LogP contribution in [0.3, 0.4) is 0 Å². The molecule has 0 spiro atoms. The molecule has 0 radical (unpaired) electrons. The Morgan fingerprint density at radius 1 is 1.32 bits per heavy atom. The highest BCUT2D eigenvalue weighted by Crippen LogP contribution is 2.48. The average Bonchev–Trinajstić information content (AvgIpc) is 3.09. The number of carbonyl (C=O) groups excluding carboxylic acids is 1. The third kappa shape index (κ3) is 2.96. The van der Waals surface area contributed by atoms with Crippen LogP contribution in [0.4, 0.5) is 22.7 Å². The Hall–Kier alpha value is -1.96. The second-order valence-electron chi connectivity index (χ2n) is 5.00. The molecular weight excluding hydrogens is 320 g/mol. The molecule has 1 aromatic heterocycles. The molecule has 3 rings (SSSR count). The zero-order chi connectivity index (χ0) is 15.9. The Kier molecular flexibility index (Phi) is 3.64. The summed E-state index contributed by atoms with van der Waals surface area (Å²) >= 11 is 0.713. The lowest BCUT2D eigenvalue weighted by molar-refractivity contribution is -0.140. The van der Waals surface area contributed by atoms with E-state index in [4.69, 9.17) is 0 Å². The zero-order valence-corrected chi connectivity index (χ0v) is 11.8. The van der Waals surface area contributed by atoms with Gasteiger partial charge < -0.3 is 5.32 Å². The molecule has 1 aromatic carbocycles. The molecular formula is C14H10F4N2OS. The number of hydrogen-bond donors (Lipinski definition) is 1. The molecule has 2 atom stereocenters. The van der Waals surface area contributed by atoms with E-state index in [1.807, 2.05) is 0 Å². The summed E-state index contributed by atoms with van der Waals surface area (Å²) in [7, 11) is 0. The maximum absolute atomic E-state index is 13.6. The molecule has 1 fully saturated rings. The third-order valence-corrected chi connectivity index (χ3v) is 4.21. The molecule has 1 saturated carbocycles. The lowest BCUT2D eigenvalue weighted by atomic mass is 10.1. The molecule has 3 nitrogen and oxygen atoms in total. The second kappa shape index (κ2) is 5.35. The van der Waals surface area contributed by atoms with Crippen LogP contribution < -0.4 is 5.32 Å². The van der Waals surface area contributed by atoms with Crippen molar-refractivity contribution in [1.82, 2.24) is 4.98 Å². The quantitative estimate of drug-likeness (QED) is 0.863. The van der Waals surface area contributed by atoms with Crippen molar-refractivity contribution in [1.29, 1.82) is 0 Å². The summed E-state index contributed by atoms with van der Waals surface area (Å²) in [4.78, 5) is 15.3. The van der Waals surface area contributed by atoms with Gasteiger partial charge in [0.1, 0.15) is 5.82 Å². The fourth-order valence-corrected chi connectivity index (χ4v) is 2.98. The summed E-state index contributed by atoms with van der Waals surface area (Å²) in [6.45, 7) is 0. The van der Waals surface area contributed by atoms with Crippen molar-refractivity contribution in [2.24, 2.45) is 5.92 Å². The van der Waals surface area contributed by atoms with Gasteiger partial charge in [0.25, 0.3) is 0 Å². The first kappa shape index (κ1) is 15.0. The standard InChI is InChI=1S/C14H10F4N2OS/c15-10-4-2-1-3-7(10)8-5-9(8)12(21)20-13-19-11(6-22-13)14(16,17)18/h1-4,6,8-9H,5H2,(H,19,20,21). The highest BCUT2D eigenvalue weighted by atomic mass is 32.1. The van der Waals surface area contributed by atoms with Gasteiger partial charge in [0, 0.05) is 11.3 Å². The number of anilines is 1. The van der Waals surface area contributed by atoms with Gasteiger partial charge in [-0.3, -0.25) is 4.79 Å². The van der Waals surface area contributed by atoms with Crippen LogP contribution in [0, 0.1) is 11.7 Å². The summed E-state index contributed by atoms with van der Waals surface area (Å²) in [6, 6.07) is 6.17. The molecule has 0 bridgehead atoms. The van der Waals surface area contributed by atoms with Gasteiger partial charge in [0.2, 0.25) is 5.91 Å². The molecule has 2 unspecified atom stereocenters. The van der Waals surface area contributed by atoms with Crippen molar-refractivity contribution in [3.8, 4) is 0 Å². The number of thiazole rings is 1. The smallest absolute Gasteiger partial charge is 0.302 e. The molecule has 0 saturated heterocycles. The fourth-order valence-electron chi connectivity index (χ4n) is 2.26. The van der Waals surface area contributed by atoms with Gasteiger partial charge in [0.15, 0.2) is 10.8 Å². The maximum Gasteiger partial charge on any atom is 0.434 e. The summed E-state index contributed by atoms with van der Waals surface area (Å²) in [5.74, 6) is -1.48. The minimum Gasteiger partial charge on any atom is -0.302 e. The Morgan fingerprint density at radius 2 is 2.05 bits per heavy atom. The molecule has 2 aromatic rings. The van der Waals surface area contributed by atoms with Crippen LogP contribution in [0.1, 0.15) is 23.6 Å². The first-order valence-electron chi connectivity index (χ1n) is 6.44. The van der Waals surface area contributed by atoms with Crippen LogP contribution in [0.25, 0.3) is 0 Å². The lowest BCUT2D eigenvalue weighted by Crippen LogP contribution is -2.15. The zero-order valence-electron chi connectivity index (χ0n) is 11.0. The topological polar surface area (TPSA) is 42.0 Å². The van der Waals surface area contributed by atoms with Crippen LogP contribution in [0.2, 0.25) is 0 Å². The number of aromatic nitrogens is 1. The largest absolute Gasteiger partial charge is 0.434 e. The summed E-state index contributed by atoms with van der Waals surface area (Å²) < 4.78 is 50.9. The molecule has 1 aliphatic rings. The van der Waals surface area contributed by atoms with Crippen molar-refractivity contribution in [2.75, 3.05) is 5.32 Å². The first-order chi connectivity index (χ1) is 10.4. The number of hydrogen-bond acceptors (Lipinski definition) is 3. The summed E-state index contributed by atoms with van der Waals surface area (Å²) in [5, 5.41) is 3.11. The Labute approximate surface area is 127 Å². The Morgan fingerprint density at radius 3 is 2.68 bits per heavy atom. The van der Waals surface area contributed by atoms with E-state index in [0.717, 1.165) is 5.38 Å². The number of amides is 1. The van der Waals surface area contributed by atoms with Crippen LogP contribution >= 0.6 is 11.3 Å². The predicted molar refractivity (Wildman–Crippen MR) is 73.0 cm³/mol. The highest BCUT2D eigenvalue weighted by molar-refractivity contribution is 7.13. The number of nitrogens with zero attached hydrogens (tertiary/aromatic N) is 1. The van der Waals surface area contributed by atoms with Crippen molar-refractivity contribution in [2.45, 2.75) is 18.5 Å². The van der Waals surface area contributed by atoms with Gasteiger partial charge in [-0.2, -0.15) is 13.2 Å².